The van der Waals surface area contributed by atoms with Crippen LogP contribution in [0.25, 0.3) is 0 Å². The Bertz CT molecular complexity index is 603. The first-order valence-corrected chi connectivity index (χ1v) is 6.52. The molecule has 0 radical (unpaired) electrons. The van der Waals surface area contributed by atoms with E-state index in [1.54, 1.807) is 6.07 Å². The van der Waals surface area contributed by atoms with Crippen LogP contribution >= 0.6 is 0 Å². The summed E-state index contributed by atoms with van der Waals surface area (Å²) in [7, 11) is 0. The summed E-state index contributed by atoms with van der Waals surface area (Å²) in [6.07, 6.45) is -0.710. The molecule has 1 atom stereocenters. The third-order valence-electron chi connectivity index (χ3n) is 3.25. The molecular formula is C13H15N3O7. The summed E-state index contributed by atoms with van der Waals surface area (Å²) >= 11 is 0. The van der Waals surface area contributed by atoms with Crippen molar-refractivity contribution in [3.63, 3.8) is 0 Å². The molecule has 0 aromatic heterocycles. The number of hydrogen-bond acceptors (Lipinski definition) is 7. The molecule has 0 fully saturated rings. The first-order valence-electron chi connectivity index (χ1n) is 6.52. The highest BCUT2D eigenvalue weighted by Crippen LogP contribution is 2.21. The van der Waals surface area contributed by atoms with Crippen LogP contribution in [0.3, 0.4) is 0 Å². The highest BCUT2D eigenvalue weighted by Gasteiger charge is 2.46. The summed E-state index contributed by atoms with van der Waals surface area (Å²) in [6, 6.07) is 7.31. The lowest BCUT2D eigenvalue weighted by molar-refractivity contribution is -0.524. The zero-order chi connectivity index (χ0) is 17.6. The van der Waals surface area contributed by atoms with Gasteiger partial charge in [0, 0.05) is 15.4 Å². The van der Waals surface area contributed by atoms with Crippen molar-refractivity contribution >= 4 is 11.8 Å². The quantitative estimate of drug-likeness (QED) is 0.281. The minimum Gasteiger partial charge on any atom is -0.480 e. The first-order chi connectivity index (χ1) is 10.7. The maximum absolute atomic E-state index is 12.4. The second-order valence-corrected chi connectivity index (χ2v) is 5.07. The number of carbonyl (C=O) groups is 2. The molecule has 0 aliphatic rings. The number of carboxylic acid groups (broad SMARTS) is 1. The van der Waals surface area contributed by atoms with Crippen LogP contribution in [0.1, 0.15) is 16.8 Å². The van der Waals surface area contributed by atoms with Gasteiger partial charge in [0.15, 0.2) is 11.3 Å². The van der Waals surface area contributed by atoms with Crippen LogP contribution in [0.5, 0.6) is 0 Å². The molecule has 0 aliphatic carbocycles. The van der Waals surface area contributed by atoms with Gasteiger partial charge < -0.3 is 10.8 Å². The van der Waals surface area contributed by atoms with E-state index in [1.165, 1.54) is 24.3 Å². The molecule has 0 saturated carbocycles. The maximum Gasteiger partial charge on any atom is 0.331 e. The SMILES string of the molecule is N[C@@](CC(C[N+](=O)[O-])C[N+](=O)[O-])(C(=O)O)C(=O)c1ccccc1. The molecule has 23 heavy (non-hydrogen) atoms. The lowest BCUT2D eigenvalue weighted by Crippen LogP contribution is -2.57. The smallest absolute Gasteiger partial charge is 0.331 e. The minimum absolute atomic E-state index is 0.0124. The molecule has 0 unspecified atom stereocenters. The largest absolute Gasteiger partial charge is 0.480 e. The van der Waals surface area contributed by atoms with Crippen LogP contribution in [0.2, 0.25) is 0 Å². The summed E-state index contributed by atoms with van der Waals surface area (Å²) in [6.45, 7) is -1.70. The van der Waals surface area contributed by atoms with Crippen LogP contribution in [0.15, 0.2) is 30.3 Å². The summed E-state index contributed by atoms with van der Waals surface area (Å²) in [5, 5.41) is 30.5. The van der Waals surface area contributed by atoms with Crippen molar-refractivity contribution in [2.75, 3.05) is 13.1 Å². The fraction of sp³-hybridized carbons (Fsp3) is 0.385. The Labute approximate surface area is 130 Å². The Morgan fingerprint density at radius 3 is 2.00 bits per heavy atom. The molecular weight excluding hydrogens is 310 g/mol. The van der Waals surface area contributed by atoms with E-state index in [1.807, 2.05) is 0 Å². The van der Waals surface area contributed by atoms with E-state index in [4.69, 9.17) is 5.73 Å². The van der Waals surface area contributed by atoms with E-state index in [9.17, 15) is 34.9 Å². The van der Waals surface area contributed by atoms with Gasteiger partial charge in [0.1, 0.15) is 0 Å². The van der Waals surface area contributed by atoms with Gasteiger partial charge in [0.2, 0.25) is 13.1 Å². The van der Waals surface area contributed by atoms with E-state index >= 15 is 0 Å². The molecule has 10 heteroatoms. The molecule has 0 aliphatic heterocycles. The Morgan fingerprint density at radius 2 is 1.61 bits per heavy atom. The number of nitrogens with two attached hydrogens (primary N) is 1. The van der Waals surface area contributed by atoms with Crippen molar-refractivity contribution in [2.45, 2.75) is 12.0 Å². The highest BCUT2D eigenvalue weighted by atomic mass is 16.6. The Balaban J connectivity index is 3.11. The van der Waals surface area contributed by atoms with E-state index in [-0.39, 0.29) is 5.56 Å². The molecule has 1 aromatic carbocycles. The zero-order valence-electron chi connectivity index (χ0n) is 12.0. The van der Waals surface area contributed by atoms with Crippen LogP contribution in [-0.4, -0.2) is 45.3 Å². The summed E-state index contributed by atoms with van der Waals surface area (Å²) in [5.41, 5.74) is 3.21. The van der Waals surface area contributed by atoms with Crippen molar-refractivity contribution in [1.29, 1.82) is 0 Å². The fourth-order valence-corrected chi connectivity index (χ4v) is 2.19. The van der Waals surface area contributed by atoms with Crippen LogP contribution in [0, 0.1) is 26.1 Å². The standard InChI is InChI=1S/C13H15N3O7/c14-13(12(18)19,11(17)10-4-2-1-3-5-10)6-9(7-15(20)21)8-16(22)23/h1-5,9H,6-8,14H2,(H,18,19)/t13-/m1/s1. The zero-order valence-corrected chi connectivity index (χ0v) is 12.0. The first kappa shape index (κ1) is 18.2. The molecule has 0 spiro atoms. The van der Waals surface area contributed by atoms with Crippen molar-refractivity contribution in [1.82, 2.24) is 0 Å². The molecule has 0 saturated heterocycles. The molecule has 1 rings (SSSR count). The van der Waals surface area contributed by atoms with Crippen molar-refractivity contribution in [3.8, 4) is 0 Å². The van der Waals surface area contributed by atoms with Crippen molar-refractivity contribution in [2.24, 2.45) is 11.7 Å². The third kappa shape index (κ3) is 4.81. The van der Waals surface area contributed by atoms with Gasteiger partial charge in [-0.3, -0.25) is 25.0 Å². The maximum atomic E-state index is 12.4. The predicted molar refractivity (Wildman–Crippen MR) is 77.2 cm³/mol. The number of carboxylic acids is 1. The third-order valence-corrected chi connectivity index (χ3v) is 3.25. The number of nitrogens with zero attached hydrogens (tertiary/aromatic N) is 2. The molecule has 1 aromatic rings. The van der Waals surface area contributed by atoms with Gasteiger partial charge in [0.25, 0.3) is 0 Å². The van der Waals surface area contributed by atoms with Gasteiger partial charge >= 0.3 is 5.97 Å². The summed E-state index contributed by atoms with van der Waals surface area (Å²) in [4.78, 5) is 43.4. The average Bonchev–Trinajstić information content (AvgIpc) is 2.45. The summed E-state index contributed by atoms with van der Waals surface area (Å²) < 4.78 is 0. The number of Topliss-reactive ketones (excluding diaryl/α,β-unsaturated/α-hetero) is 1. The van der Waals surface area contributed by atoms with Gasteiger partial charge in [-0.25, -0.2) is 4.79 Å². The number of benzene rings is 1. The Kier molecular flexibility index (Phi) is 5.85. The number of nitro groups is 2. The van der Waals surface area contributed by atoms with E-state index < -0.39 is 52.6 Å². The van der Waals surface area contributed by atoms with Crippen LogP contribution < -0.4 is 5.73 Å². The average molecular weight is 325 g/mol. The topological polar surface area (TPSA) is 167 Å². The Morgan fingerprint density at radius 1 is 1.13 bits per heavy atom. The number of aliphatic carboxylic acids is 1. The molecule has 0 amide bonds. The minimum atomic E-state index is -2.47. The van der Waals surface area contributed by atoms with Crippen molar-refractivity contribution < 1.29 is 24.5 Å². The molecule has 0 bridgehead atoms. The number of hydrogen-bond donors (Lipinski definition) is 2. The van der Waals surface area contributed by atoms with Gasteiger partial charge in [-0.1, -0.05) is 30.3 Å². The molecule has 124 valence electrons. The van der Waals surface area contributed by atoms with Gasteiger partial charge in [-0.2, -0.15) is 0 Å². The van der Waals surface area contributed by atoms with Gasteiger partial charge in [-0.05, 0) is 6.42 Å². The fourth-order valence-electron chi connectivity index (χ4n) is 2.19. The lowest BCUT2D eigenvalue weighted by Gasteiger charge is -2.25. The molecule has 10 nitrogen and oxygen atoms in total. The van der Waals surface area contributed by atoms with E-state index in [0.29, 0.717) is 0 Å². The van der Waals surface area contributed by atoms with E-state index in [0.717, 1.165) is 0 Å². The number of rotatable bonds is 9. The summed E-state index contributed by atoms with van der Waals surface area (Å²) in [5.74, 6) is -3.93. The van der Waals surface area contributed by atoms with Gasteiger partial charge in [0.05, 0.1) is 5.92 Å². The predicted octanol–water partition coefficient (Wildman–Crippen LogP) is 0.211. The number of ketones is 1. The normalized spacial score (nSPS) is 13.3. The second kappa shape index (κ2) is 7.40. The Hall–Kier alpha value is -2.88. The molecule has 3 N–H and O–H groups in total. The lowest BCUT2D eigenvalue weighted by atomic mass is 9.82. The van der Waals surface area contributed by atoms with Crippen LogP contribution in [-0.2, 0) is 4.79 Å². The molecule has 0 heterocycles. The van der Waals surface area contributed by atoms with Crippen LogP contribution in [0.4, 0.5) is 0 Å². The highest BCUT2D eigenvalue weighted by molar-refractivity contribution is 6.15. The number of carbonyl (C=O) groups excluding carboxylic acids is 1. The van der Waals surface area contributed by atoms with Crippen molar-refractivity contribution in [3.05, 3.63) is 56.1 Å². The monoisotopic (exact) mass is 325 g/mol. The van der Waals surface area contributed by atoms with Gasteiger partial charge in [-0.15, -0.1) is 0 Å². The second-order valence-electron chi connectivity index (χ2n) is 5.07. The van der Waals surface area contributed by atoms with E-state index in [2.05, 4.69) is 0 Å².